The number of hydrogen-bond acceptors (Lipinski definition) is 13. The van der Waals surface area contributed by atoms with E-state index in [0.717, 1.165) is 37.0 Å². The lowest BCUT2D eigenvalue weighted by molar-refractivity contribution is -0.141. The zero-order valence-electron chi connectivity index (χ0n) is 37.6. The summed E-state index contributed by atoms with van der Waals surface area (Å²) in [5.41, 5.74) is 0.984. The van der Waals surface area contributed by atoms with Crippen molar-refractivity contribution < 1.29 is 42.8 Å². The van der Waals surface area contributed by atoms with Gasteiger partial charge in [-0.2, -0.15) is 0 Å². The summed E-state index contributed by atoms with van der Waals surface area (Å²) in [6.45, 7) is 11.9. The van der Waals surface area contributed by atoms with Crippen LogP contribution in [0.2, 0.25) is 0 Å². The number of piperidine rings is 1. The number of rotatable bonds is 25. The van der Waals surface area contributed by atoms with E-state index >= 15 is 0 Å². The number of pyridine rings is 1. The van der Waals surface area contributed by atoms with E-state index in [1.807, 2.05) is 58.0 Å². The van der Waals surface area contributed by atoms with Crippen molar-refractivity contribution in [2.75, 3.05) is 71.8 Å². The zero-order valence-corrected chi connectivity index (χ0v) is 37.6. The van der Waals surface area contributed by atoms with Crippen LogP contribution in [0.15, 0.2) is 73.1 Å². The van der Waals surface area contributed by atoms with Gasteiger partial charge in [-0.05, 0) is 114 Å². The van der Waals surface area contributed by atoms with Crippen LogP contribution in [-0.4, -0.2) is 117 Å². The van der Waals surface area contributed by atoms with Crippen LogP contribution in [0.4, 0.5) is 10.5 Å². The van der Waals surface area contributed by atoms with Gasteiger partial charge in [0.05, 0.1) is 51.7 Å². The quantitative estimate of drug-likeness (QED) is 0.0246. The van der Waals surface area contributed by atoms with Crippen LogP contribution in [0.25, 0.3) is 0 Å². The maximum absolute atomic E-state index is 13.5. The van der Waals surface area contributed by atoms with Crippen LogP contribution in [0.1, 0.15) is 107 Å². The Kier molecular flexibility index (Phi) is 20.8. The molecular weight excluding hydrogens is 807 g/mol. The van der Waals surface area contributed by atoms with Gasteiger partial charge in [-0.15, -0.1) is 0 Å². The molecule has 1 aliphatic heterocycles. The van der Waals surface area contributed by atoms with Crippen LogP contribution in [0.5, 0.6) is 5.75 Å². The number of nitrogens with one attached hydrogen (secondary N) is 5. The lowest BCUT2D eigenvalue weighted by atomic mass is 9.85. The Morgan fingerprint density at radius 3 is 2.05 bits per heavy atom. The summed E-state index contributed by atoms with van der Waals surface area (Å²) in [7, 11) is 1.38. The topological polar surface area (TPSA) is 207 Å². The van der Waals surface area contributed by atoms with Gasteiger partial charge in [0, 0.05) is 61.9 Å². The minimum atomic E-state index is -0.969. The highest BCUT2D eigenvalue weighted by Crippen LogP contribution is 2.30. The van der Waals surface area contributed by atoms with Gasteiger partial charge >= 0.3 is 12.1 Å². The molecule has 16 nitrogen and oxygen atoms in total. The number of aromatic nitrogens is 1. The number of methoxy groups -OCH3 is 1. The van der Waals surface area contributed by atoms with E-state index in [1.165, 1.54) is 7.11 Å². The van der Waals surface area contributed by atoms with Gasteiger partial charge in [0.25, 0.3) is 5.91 Å². The molecule has 0 spiro atoms. The lowest BCUT2D eigenvalue weighted by Gasteiger charge is -2.43. The smallest absolute Gasteiger partial charge is 0.410 e. The van der Waals surface area contributed by atoms with E-state index < -0.39 is 17.2 Å². The van der Waals surface area contributed by atoms with Gasteiger partial charge in [-0.1, -0.05) is 24.6 Å². The highest BCUT2D eigenvalue weighted by molar-refractivity contribution is 6.10. The summed E-state index contributed by atoms with van der Waals surface area (Å²) >= 11 is 0. The van der Waals surface area contributed by atoms with Gasteiger partial charge in [0.15, 0.2) is 0 Å². The van der Waals surface area contributed by atoms with Gasteiger partial charge < -0.3 is 49.3 Å². The molecule has 1 aliphatic rings. The Balaban J connectivity index is 1.18. The molecule has 0 bridgehead atoms. The zero-order chi connectivity index (χ0) is 45.5. The molecule has 344 valence electrons. The van der Waals surface area contributed by atoms with Crippen LogP contribution < -0.4 is 20.7 Å². The monoisotopic (exact) mass is 874 g/mol. The number of carbonyl (C=O) groups is 3. The predicted molar refractivity (Wildman–Crippen MR) is 242 cm³/mol. The van der Waals surface area contributed by atoms with E-state index in [-0.39, 0.29) is 29.6 Å². The summed E-state index contributed by atoms with van der Waals surface area (Å²) in [6, 6.07) is 18.0. The van der Waals surface area contributed by atoms with Crippen LogP contribution in [-0.2, 0) is 28.5 Å². The molecule has 2 heterocycles. The van der Waals surface area contributed by atoms with Crippen molar-refractivity contribution in [3.8, 4) is 5.75 Å². The van der Waals surface area contributed by atoms with Gasteiger partial charge in [-0.3, -0.25) is 25.4 Å². The number of benzene rings is 2. The van der Waals surface area contributed by atoms with Crippen molar-refractivity contribution in [3.63, 3.8) is 0 Å². The highest BCUT2D eigenvalue weighted by Gasteiger charge is 2.41. The SMILES string of the molecule is COC(=O)CCCOCCOCCOCCCCCCOc1ccc([C@@H](C)NC(=O)c2cccc(NC3(C(=N)NC(=N)c4ccncc4)CCN(C(=O)OC(C)(C)C)CC3)c2)cc1. The summed E-state index contributed by atoms with van der Waals surface area (Å²) in [5.74, 6) is 0.425. The van der Waals surface area contributed by atoms with Crippen LogP contribution in [0, 0.1) is 10.8 Å². The minimum absolute atomic E-state index is 0.0542. The first kappa shape index (κ1) is 50.1. The van der Waals surface area contributed by atoms with Crippen LogP contribution in [0.3, 0.4) is 0 Å². The molecule has 2 aromatic carbocycles. The van der Waals surface area contributed by atoms with Gasteiger partial charge in [0.2, 0.25) is 0 Å². The third-order valence-corrected chi connectivity index (χ3v) is 10.3. The normalized spacial score (nSPS) is 14.0. The number of carbonyl (C=O) groups excluding carboxylic acids is 3. The molecule has 0 radical (unpaired) electrons. The number of amidine groups is 2. The number of anilines is 1. The van der Waals surface area contributed by atoms with E-state index in [9.17, 15) is 19.8 Å². The lowest BCUT2D eigenvalue weighted by Crippen LogP contribution is -2.59. The van der Waals surface area contributed by atoms with Crippen molar-refractivity contribution in [1.82, 2.24) is 20.5 Å². The third kappa shape index (κ3) is 18.0. The third-order valence-electron chi connectivity index (χ3n) is 10.3. The molecule has 0 unspecified atom stereocenters. The van der Waals surface area contributed by atoms with E-state index in [0.29, 0.717) is 102 Å². The maximum atomic E-state index is 13.5. The summed E-state index contributed by atoms with van der Waals surface area (Å²) in [4.78, 5) is 43.2. The van der Waals surface area contributed by atoms with Crippen molar-refractivity contribution in [2.45, 2.75) is 96.2 Å². The van der Waals surface area contributed by atoms with E-state index in [2.05, 4.69) is 25.7 Å². The molecule has 1 saturated heterocycles. The van der Waals surface area contributed by atoms with E-state index in [1.54, 1.807) is 47.6 Å². The molecule has 0 aliphatic carbocycles. The number of ether oxygens (including phenoxy) is 6. The molecule has 5 N–H and O–H groups in total. The standard InChI is InChI=1S/C47H67N7O9/c1-35(36-15-17-40(18-16-36)62-29-9-7-6-8-27-59-30-32-61-33-31-60-28-11-14-41(55)58-5)51-43(56)38-12-10-13-39(34-38)53-47(44(49)52-42(48)37-19-23-50-24-20-37)21-25-54(26-22-47)45(57)63-46(2,3)4/h10,12-13,15-20,23-24,34-35,53H,6-9,11,14,21-22,25-33H2,1-5H3,(H,51,56)(H3,48,49,52)/t35-/m1/s1. The fraction of sp³-hybridized carbons (Fsp3) is 0.532. The molecule has 1 fully saturated rings. The largest absolute Gasteiger partial charge is 0.494 e. The Morgan fingerprint density at radius 1 is 0.794 bits per heavy atom. The Labute approximate surface area is 372 Å². The van der Waals surface area contributed by atoms with E-state index in [4.69, 9.17) is 29.1 Å². The average Bonchev–Trinajstić information content (AvgIpc) is 3.27. The molecule has 3 aromatic rings. The number of nitrogens with zero attached hydrogens (tertiary/aromatic N) is 2. The minimum Gasteiger partial charge on any atom is -0.494 e. The molecule has 2 amide bonds. The highest BCUT2D eigenvalue weighted by atomic mass is 16.6. The first-order chi connectivity index (χ1) is 30.3. The summed E-state index contributed by atoms with van der Waals surface area (Å²) < 4.78 is 32.8. The first-order valence-corrected chi connectivity index (χ1v) is 21.8. The number of amides is 2. The molecule has 16 heteroatoms. The van der Waals surface area contributed by atoms with Crippen molar-refractivity contribution in [2.24, 2.45) is 0 Å². The summed E-state index contributed by atoms with van der Waals surface area (Å²) in [6.07, 6.45) is 8.49. The number of esters is 1. The number of likely N-dealkylation sites (tertiary alicyclic amines) is 1. The molecule has 1 atom stereocenters. The van der Waals surface area contributed by atoms with Gasteiger partial charge in [-0.25, -0.2) is 4.79 Å². The van der Waals surface area contributed by atoms with Crippen molar-refractivity contribution in [1.29, 1.82) is 10.8 Å². The van der Waals surface area contributed by atoms with Crippen LogP contribution >= 0.6 is 0 Å². The second-order valence-corrected chi connectivity index (χ2v) is 16.4. The second kappa shape index (κ2) is 26.1. The second-order valence-electron chi connectivity index (χ2n) is 16.4. The maximum Gasteiger partial charge on any atom is 0.410 e. The van der Waals surface area contributed by atoms with Crippen molar-refractivity contribution >= 4 is 35.3 Å². The molecule has 4 rings (SSSR count). The van der Waals surface area contributed by atoms with Crippen molar-refractivity contribution in [3.05, 3.63) is 89.7 Å². The molecule has 63 heavy (non-hydrogen) atoms. The molecule has 0 saturated carbocycles. The average molecular weight is 874 g/mol. The predicted octanol–water partition coefficient (Wildman–Crippen LogP) is 7.29. The summed E-state index contributed by atoms with van der Waals surface area (Å²) in [5, 5.41) is 27.4. The van der Waals surface area contributed by atoms with Gasteiger partial charge in [0.1, 0.15) is 23.0 Å². The Hall–Kier alpha value is -5.58. The molecule has 1 aromatic heterocycles. The fourth-order valence-corrected chi connectivity index (χ4v) is 6.71. The number of hydrogen-bond donors (Lipinski definition) is 5. The Morgan fingerprint density at radius 2 is 1.41 bits per heavy atom. The Bertz CT molecular complexity index is 1880. The fourth-order valence-electron chi connectivity index (χ4n) is 6.71. The molecular formula is C47H67N7O9. The number of unbranched alkanes of at least 4 members (excludes halogenated alkanes) is 3. The first-order valence-electron chi connectivity index (χ1n) is 21.8.